The van der Waals surface area contributed by atoms with Gasteiger partial charge in [0.15, 0.2) is 0 Å². The fourth-order valence-corrected chi connectivity index (χ4v) is 1.46. The number of carbonyl (C=O) groups is 1. The van der Waals surface area contributed by atoms with Gasteiger partial charge in [-0.3, -0.25) is 4.79 Å². The summed E-state index contributed by atoms with van der Waals surface area (Å²) in [7, 11) is 0. The van der Waals surface area contributed by atoms with Crippen LogP contribution in [0.4, 0.5) is 26.3 Å². The smallest absolute Gasteiger partial charge is 0.298 e. The standard InChI is InChI=1S/C10H6F6O/c1-5-6(4-17)2-3-7(9(11,12)13)8(5)10(14,15)16/h2-4H,1H3. The van der Waals surface area contributed by atoms with Gasteiger partial charge in [-0.15, -0.1) is 0 Å². The minimum absolute atomic E-state index is 0.0880. The number of benzene rings is 1. The van der Waals surface area contributed by atoms with E-state index in [0.29, 0.717) is 0 Å². The quantitative estimate of drug-likeness (QED) is 0.551. The van der Waals surface area contributed by atoms with Crippen molar-refractivity contribution < 1.29 is 31.1 Å². The van der Waals surface area contributed by atoms with E-state index in [9.17, 15) is 31.1 Å². The number of alkyl halides is 6. The molecule has 0 spiro atoms. The Balaban J connectivity index is 3.65. The van der Waals surface area contributed by atoms with Crippen molar-refractivity contribution in [3.8, 4) is 0 Å². The molecule has 0 saturated heterocycles. The monoisotopic (exact) mass is 256 g/mol. The molecule has 0 aromatic heterocycles. The zero-order valence-electron chi connectivity index (χ0n) is 8.41. The molecule has 0 heterocycles. The number of hydrogen-bond acceptors (Lipinski definition) is 1. The third kappa shape index (κ3) is 2.59. The van der Waals surface area contributed by atoms with E-state index in [2.05, 4.69) is 0 Å². The second-order valence-corrected chi connectivity index (χ2v) is 3.32. The predicted octanol–water partition coefficient (Wildman–Crippen LogP) is 3.85. The van der Waals surface area contributed by atoms with Crippen LogP contribution in [-0.4, -0.2) is 6.29 Å². The summed E-state index contributed by atoms with van der Waals surface area (Å²) < 4.78 is 74.8. The van der Waals surface area contributed by atoms with Crippen LogP contribution in [0.15, 0.2) is 12.1 Å². The molecule has 0 aliphatic carbocycles. The Morgan fingerprint density at radius 1 is 1.00 bits per heavy atom. The molecule has 0 radical (unpaired) electrons. The van der Waals surface area contributed by atoms with Gasteiger partial charge in [0.25, 0.3) is 0 Å². The number of hydrogen-bond donors (Lipinski definition) is 0. The van der Waals surface area contributed by atoms with Gasteiger partial charge in [-0.05, 0) is 18.6 Å². The highest BCUT2D eigenvalue weighted by Gasteiger charge is 2.44. The number of carbonyl (C=O) groups excluding carboxylic acids is 1. The molecule has 0 amide bonds. The molecule has 0 unspecified atom stereocenters. The van der Waals surface area contributed by atoms with Crippen molar-refractivity contribution >= 4 is 6.29 Å². The fourth-order valence-electron chi connectivity index (χ4n) is 1.46. The first-order chi connectivity index (χ1) is 7.59. The maximum absolute atomic E-state index is 12.5. The van der Waals surface area contributed by atoms with Crippen LogP contribution in [0.3, 0.4) is 0 Å². The average Bonchev–Trinajstić information content (AvgIpc) is 2.13. The molecule has 1 nitrogen and oxygen atoms in total. The molecule has 17 heavy (non-hydrogen) atoms. The highest BCUT2D eigenvalue weighted by atomic mass is 19.4. The van der Waals surface area contributed by atoms with E-state index in [1.165, 1.54) is 0 Å². The Hall–Kier alpha value is -1.53. The molecule has 0 atom stereocenters. The summed E-state index contributed by atoms with van der Waals surface area (Å²) in [6.07, 6.45) is -10.2. The summed E-state index contributed by atoms with van der Waals surface area (Å²) in [6.45, 7) is 0.835. The van der Waals surface area contributed by atoms with Crippen molar-refractivity contribution in [1.82, 2.24) is 0 Å². The largest absolute Gasteiger partial charge is 0.417 e. The van der Waals surface area contributed by atoms with E-state index >= 15 is 0 Å². The summed E-state index contributed by atoms with van der Waals surface area (Å²) in [4.78, 5) is 10.4. The van der Waals surface area contributed by atoms with Gasteiger partial charge in [0.05, 0.1) is 11.1 Å². The highest BCUT2D eigenvalue weighted by molar-refractivity contribution is 5.78. The maximum atomic E-state index is 12.5. The molecule has 0 aliphatic rings. The zero-order valence-corrected chi connectivity index (χ0v) is 8.41. The Labute approximate surface area is 92.0 Å². The lowest BCUT2D eigenvalue weighted by atomic mass is 9.96. The molecule has 0 aliphatic heterocycles. The first-order valence-electron chi connectivity index (χ1n) is 4.32. The summed E-state index contributed by atoms with van der Waals surface area (Å²) >= 11 is 0. The van der Waals surface area contributed by atoms with Crippen molar-refractivity contribution in [1.29, 1.82) is 0 Å². The van der Waals surface area contributed by atoms with E-state index in [1.54, 1.807) is 0 Å². The summed E-state index contributed by atoms with van der Waals surface area (Å²) in [5.74, 6) is 0. The molecular weight excluding hydrogens is 250 g/mol. The van der Waals surface area contributed by atoms with Crippen LogP contribution in [0.1, 0.15) is 27.0 Å². The summed E-state index contributed by atoms with van der Waals surface area (Å²) in [5.41, 5.74) is -4.73. The van der Waals surface area contributed by atoms with Crippen molar-refractivity contribution in [2.45, 2.75) is 19.3 Å². The van der Waals surface area contributed by atoms with Crippen molar-refractivity contribution in [2.75, 3.05) is 0 Å². The van der Waals surface area contributed by atoms with Gasteiger partial charge in [0.1, 0.15) is 6.29 Å². The summed E-state index contributed by atoms with van der Waals surface area (Å²) in [6, 6.07) is 0.986. The molecular formula is C10H6F6O. The Morgan fingerprint density at radius 2 is 1.53 bits per heavy atom. The lowest BCUT2D eigenvalue weighted by molar-refractivity contribution is -0.162. The minimum Gasteiger partial charge on any atom is -0.298 e. The van der Waals surface area contributed by atoms with E-state index < -0.39 is 34.6 Å². The van der Waals surface area contributed by atoms with Gasteiger partial charge < -0.3 is 0 Å². The second kappa shape index (κ2) is 4.05. The van der Waals surface area contributed by atoms with Gasteiger partial charge in [0, 0.05) is 5.56 Å². The lowest BCUT2D eigenvalue weighted by Gasteiger charge is -2.18. The van der Waals surface area contributed by atoms with Crippen LogP contribution >= 0.6 is 0 Å². The molecule has 1 aromatic rings. The van der Waals surface area contributed by atoms with Crippen LogP contribution in [0.2, 0.25) is 0 Å². The second-order valence-electron chi connectivity index (χ2n) is 3.32. The van der Waals surface area contributed by atoms with E-state index in [0.717, 1.165) is 13.0 Å². The average molecular weight is 256 g/mol. The lowest BCUT2D eigenvalue weighted by Crippen LogP contribution is -2.19. The van der Waals surface area contributed by atoms with E-state index in [4.69, 9.17) is 0 Å². The van der Waals surface area contributed by atoms with Gasteiger partial charge in [-0.1, -0.05) is 6.07 Å². The van der Waals surface area contributed by atoms with Crippen LogP contribution < -0.4 is 0 Å². The maximum Gasteiger partial charge on any atom is 0.417 e. The van der Waals surface area contributed by atoms with Gasteiger partial charge >= 0.3 is 12.4 Å². The molecule has 94 valence electrons. The SMILES string of the molecule is Cc1c(C=O)ccc(C(F)(F)F)c1C(F)(F)F. The molecule has 1 rings (SSSR count). The zero-order chi connectivity index (χ0) is 13.4. The molecule has 7 heteroatoms. The van der Waals surface area contributed by atoms with Crippen LogP contribution in [0, 0.1) is 6.92 Å². The molecule has 1 aromatic carbocycles. The summed E-state index contributed by atoms with van der Waals surface area (Å²) in [5, 5.41) is 0. The van der Waals surface area contributed by atoms with Crippen LogP contribution in [-0.2, 0) is 12.4 Å². The van der Waals surface area contributed by atoms with Crippen molar-refractivity contribution in [3.63, 3.8) is 0 Å². The molecule has 0 N–H and O–H groups in total. The predicted molar refractivity (Wildman–Crippen MR) is 46.6 cm³/mol. The first-order valence-corrected chi connectivity index (χ1v) is 4.32. The topological polar surface area (TPSA) is 17.1 Å². The third-order valence-electron chi connectivity index (χ3n) is 2.22. The van der Waals surface area contributed by atoms with Gasteiger partial charge in [0.2, 0.25) is 0 Å². The van der Waals surface area contributed by atoms with Crippen molar-refractivity contribution in [2.24, 2.45) is 0 Å². The number of rotatable bonds is 1. The molecule has 0 saturated carbocycles. The third-order valence-corrected chi connectivity index (χ3v) is 2.22. The Morgan fingerprint density at radius 3 is 1.88 bits per heavy atom. The van der Waals surface area contributed by atoms with Crippen LogP contribution in [0.25, 0.3) is 0 Å². The van der Waals surface area contributed by atoms with E-state index in [-0.39, 0.29) is 12.4 Å². The Bertz CT molecular complexity index is 443. The van der Waals surface area contributed by atoms with Crippen LogP contribution in [0.5, 0.6) is 0 Å². The van der Waals surface area contributed by atoms with Crippen molar-refractivity contribution in [3.05, 3.63) is 34.4 Å². The number of halogens is 6. The van der Waals surface area contributed by atoms with E-state index in [1.807, 2.05) is 0 Å². The fraction of sp³-hybridized carbons (Fsp3) is 0.300. The van der Waals surface area contributed by atoms with Gasteiger partial charge in [-0.25, -0.2) is 0 Å². The first kappa shape index (κ1) is 13.5. The minimum atomic E-state index is -5.16. The number of aldehydes is 1. The molecule has 0 bridgehead atoms. The normalized spacial score (nSPS) is 12.6. The molecule has 0 fully saturated rings. The highest BCUT2D eigenvalue weighted by Crippen LogP contribution is 2.42. The Kier molecular flexibility index (Phi) is 3.22. The van der Waals surface area contributed by atoms with Gasteiger partial charge in [-0.2, -0.15) is 26.3 Å².